The van der Waals surface area contributed by atoms with E-state index in [-0.39, 0.29) is 5.56 Å². The number of hydrogen-bond acceptors (Lipinski definition) is 7. The van der Waals surface area contributed by atoms with Gasteiger partial charge in [0.25, 0.3) is 5.56 Å². The highest BCUT2D eigenvalue weighted by atomic mass is 32.1. The first kappa shape index (κ1) is 21.9. The third kappa shape index (κ3) is 3.77. The molecule has 0 N–H and O–H groups in total. The number of fused-ring (bicyclic) bond motifs is 2. The van der Waals surface area contributed by atoms with Gasteiger partial charge in [-0.3, -0.25) is 9.36 Å². The van der Waals surface area contributed by atoms with Crippen LogP contribution >= 0.6 is 22.7 Å². The van der Waals surface area contributed by atoms with Crippen LogP contribution in [-0.4, -0.2) is 24.8 Å². The minimum atomic E-state index is -0.554. The fourth-order valence-corrected chi connectivity index (χ4v) is 6.48. The third-order valence-electron chi connectivity index (χ3n) is 6.22. The van der Waals surface area contributed by atoms with Crippen LogP contribution < -0.4 is 19.6 Å². The number of ether oxygens (including phenoxy) is 2. The quantitative estimate of drug-likeness (QED) is 0.537. The molecule has 0 saturated heterocycles. The molecule has 1 aliphatic carbocycles. The van der Waals surface area contributed by atoms with E-state index in [0.717, 1.165) is 29.0 Å². The zero-order valence-corrected chi connectivity index (χ0v) is 20.3. The molecule has 3 heterocycles. The molecule has 1 atom stereocenters. The summed E-state index contributed by atoms with van der Waals surface area (Å²) in [6, 6.07) is 7.54. The van der Waals surface area contributed by atoms with Crippen molar-refractivity contribution in [3.63, 3.8) is 0 Å². The number of allylic oxidation sites excluding steroid dienone is 1. The maximum atomic E-state index is 13.6. The molecular weight excluding hydrogens is 456 g/mol. The molecule has 8 heteroatoms. The SMILES string of the molecule is COC(=O)C1=C(C)N=c2sc(=Cc3cc4c(cc3OC)CCCC4)c(=O)n2C1c1cccs1. The Morgan fingerprint density at radius 2 is 1.97 bits per heavy atom. The predicted octanol–water partition coefficient (Wildman–Crippen LogP) is 3.36. The standard InChI is InChI=1S/C25H24N2O4S2/c1-14-21(24(29)31-3)22(19-9-6-10-32-19)27-23(28)20(33-25(27)26-14)13-17-11-15-7-4-5-8-16(15)12-18(17)30-2/h6,9-13,22H,4-5,7-8H2,1-3H3. The number of benzene rings is 1. The van der Waals surface area contributed by atoms with E-state index < -0.39 is 12.0 Å². The molecule has 0 amide bonds. The number of hydrogen-bond donors (Lipinski definition) is 0. The molecule has 170 valence electrons. The fraction of sp³-hybridized carbons (Fsp3) is 0.320. The van der Waals surface area contributed by atoms with Crippen molar-refractivity contribution in [2.45, 2.75) is 38.6 Å². The Hall–Kier alpha value is -2.97. The smallest absolute Gasteiger partial charge is 0.338 e. The summed E-state index contributed by atoms with van der Waals surface area (Å²) in [5.74, 6) is 0.294. The maximum absolute atomic E-state index is 13.6. The van der Waals surface area contributed by atoms with Crippen LogP contribution in [0.2, 0.25) is 0 Å². The van der Waals surface area contributed by atoms with Gasteiger partial charge in [0.05, 0.1) is 30.0 Å². The summed E-state index contributed by atoms with van der Waals surface area (Å²) in [5.41, 5.74) is 4.32. The van der Waals surface area contributed by atoms with E-state index in [9.17, 15) is 9.59 Å². The minimum Gasteiger partial charge on any atom is -0.496 e. The fourth-order valence-electron chi connectivity index (χ4n) is 4.62. The molecule has 0 spiro atoms. The lowest BCUT2D eigenvalue weighted by Gasteiger charge is -2.22. The van der Waals surface area contributed by atoms with Crippen molar-refractivity contribution < 1.29 is 14.3 Å². The van der Waals surface area contributed by atoms with Gasteiger partial charge in [-0.05, 0) is 73.4 Å². The van der Waals surface area contributed by atoms with E-state index in [1.807, 2.05) is 23.6 Å². The van der Waals surface area contributed by atoms with Gasteiger partial charge in [0.2, 0.25) is 0 Å². The van der Waals surface area contributed by atoms with Crippen molar-refractivity contribution in [3.8, 4) is 5.75 Å². The van der Waals surface area contributed by atoms with Crippen LogP contribution in [0, 0.1) is 0 Å². The second-order valence-corrected chi connectivity index (χ2v) is 10.1. The van der Waals surface area contributed by atoms with Gasteiger partial charge in [-0.2, -0.15) is 0 Å². The van der Waals surface area contributed by atoms with Crippen molar-refractivity contribution in [2.24, 2.45) is 4.99 Å². The van der Waals surface area contributed by atoms with Gasteiger partial charge < -0.3 is 9.47 Å². The number of methoxy groups -OCH3 is 2. The van der Waals surface area contributed by atoms with Crippen molar-refractivity contribution >= 4 is 34.7 Å². The zero-order valence-electron chi connectivity index (χ0n) is 18.7. The van der Waals surface area contributed by atoms with Gasteiger partial charge in [-0.1, -0.05) is 17.4 Å². The van der Waals surface area contributed by atoms with E-state index >= 15 is 0 Å². The summed E-state index contributed by atoms with van der Waals surface area (Å²) in [6.45, 7) is 1.79. The van der Waals surface area contributed by atoms with E-state index in [0.29, 0.717) is 20.6 Å². The number of thiazole rings is 1. The first-order valence-electron chi connectivity index (χ1n) is 10.9. The number of carbonyl (C=O) groups is 1. The molecule has 1 unspecified atom stereocenters. The number of aryl methyl sites for hydroxylation is 2. The van der Waals surface area contributed by atoms with Crippen molar-refractivity contribution in [1.29, 1.82) is 0 Å². The largest absolute Gasteiger partial charge is 0.496 e. The summed E-state index contributed by atoms with van der Waals surface area (Å²) in [5, 5.41) is 1.94. The number of thiophene rings is 1. The molecule has 33 heavy (non-hydrogen) atoms. The molecular formula is C25H24N2O4S2. The van der Waals surface area contributed by atoms with Crippen molar-refractivity contribution in [2.75, 3.05) is 14.2 Å². The van der Waals surface area contributed by atoms with Crippen LogP contribution in [0.5, 0.6) is 5.75 Å². The lowest BCUT2D eigenvalue weighted by atomic mass is 9.90. The Morgan fingerprint density at radius 3 is 2.64 bits per heavy atom. The van der Waals surface area contributed by atoms with E-state index in [1.165, 1.54) is 53.8 Å². The summed E-state index contributed by atoms with van der Waals surface area (Å²) in [6.07, 6.45) is 6.36. The Bertz CT molecular complexity index is 1440. The second-order valence-electron chi connectivity index (χ2n) is 8.16. The van der Waals surface area contributed by atoms with Gasteiger partial charge in [0.1, 0.15) is 11.8 Å². The van der Waals surface area contributed by atoms with E-state index in [4.69, 9.17) is 9.47 Å². The number of esters is 1. The zero-order chi connectivity index (χ0) is 23.1. The van der Waals surface area contributed by atoms with Crippen LogP contribution in [0.1, 0.15) is 47.4 Å². The summed E-state index contributed by atoms with van der Waals surface area (Å²) >= 11 is 2.83. The average Bonchev–Trinajstić information content (AvgIpc) is 3.46. The highest BCUT2D eigenvalue weighted by Gasteiger charge is 2.33. The molecule has 6 nitrogen and oxygen atoms in total. The van der Waals surface area contributed by atoms with Gasteiger partial charge in [-0.15, -0.1) is 11.3 Å². The summed E-state index contributed by atoms with van der Waals surface area (Å²) in [7, 11) is 3.01. The Labute approximate surface area is 199 Å². The van der Waals surface area contributed by atoms with Crippen molar-refractivity contribution in [3.05, 3.63) is 82.2 Å². The lowest BCUT2D eigenvalue weighted by Crippen LogP contribution is -2.39. The predicted molar refractivity (Wildman–Crippen MR) is 130 cm³/mol. The molecule has 2 aliphatic rings. The van der Waals surface area contributed by atoms with Gasteiger partial charge in [-0.25, -0.2) is 9.79 Å². The van der Waals surface area contributed by atoms with Crippen LogP contribution in [0.25, 0.3) is 6.08 Å². The van der Waals surface area contributed by atoms with Crippen LogP contribution in [0.3, 0.4) is 0 Å². The molecule has 2 aromatic heterocycles. The second kappa shape index (κ2) is 8.76. The number of rotatable bonds is 4. The Balaban J connectivity index is 1.71. The number of nitrogens with zero attached hydrogens (tertiary/aromatic N) is 2. The molecule has 0 bridgehead atoms. The molecule has 1 aliphatic heterocycles. The molecule has 0 saturated carbocycles. The average molecular weight is 481 g/mol. The first-order chi connectivity index (χ1) is 16.0. The molecule has 5 rings (SSSR count). The maximum Gasteiger partial charge on any atom is 0.338 e. The highest BCUT2D eigenvalue weighted by molar-refractivity contribution is 7.10. The van der Waals surface area contributed by atoms with Crippen LogP contribution in [-0.2, 0) is 22.4 Å². The normalized spacial score (nSPS) is 17.9. The first-order valence-corrected chi connectivity index (χ1v) is 12.6. The molecule has 1 aromatic carbocycles. The minimum absolute atomic E-state index is 0.175. The van der Waals surface area contributed by atoms with Crippen LogP contribution in [0.4, 0.5) is 0 Å². The van der Waals surface area contributed by atoms with Crippen molar-refractivity contribution in [1.82, 2.24) is 4.57 Å². The van der Waals surface area contributed by atoms with Gasteiger partial charge in [0.15, 0.2) is 4.80 Å². The monoisotopic (exact) mass is 480 g/mol. The topological polar surface area (TPSA) is 69.9 Å². The highest BCUT2D eigenvalue weighted by Crippen LogP contribution is 2.33. The number of aromatic nitrogens is 1. The van der Waals surface area contributed by atoms with E-state index in [2.05, 4.69) is 17.1 Å². The Morgan fingerprint density at radius 1 is 1.21 bits per heavy atom. The third-order valence-corrected chi connectivity index (χ3v) is 8.13. The summed E-state index contributed by atoms with van der Waals surface area (Å²) < 4.78 is 12.9. The summed E-state index contributed by atoms with van der Waals surface area (Å²) in [4.78, 5) is 32.4. The van der Waals surface area contributed by atoms with Gasteiger partial charge in [0, 0.05) is 10.4 Å². The Kier molecular flexibility index (Phi) is 5.80. The van der Waals surface area contributed by atoms with Gasteiger partial charge >= 0.3 is 5.97 Å². The molecule has 0 fully saturated rings. The molecule has 3 aromatic rings. The van der Waals surface area contributed by atoms with Crippen LogP contribution in [0.15, 0.2) is 50.7 Å². The van der Waals surface area contributed by atoms with E-state index in [1.54, 1.807) is 18.6 Å². The lowest BCUT2D eigenvalue weighted by molar-refractivity contribution is -0.136. The molecule has 0 radical (unpaired) electrons. The number of carbonyl (C=O) groups excluding carboxylic acids is 1.